The van der Waals surface area contributed by atoms with Gasteiger partial charge in [-0.3, -0.25) is 4.90 Å². The van der Waals surface area contributed by atoms with Gasteiger partial charge >= 0.3 is 0 Å². The molecule has 2 aromatic carbocycles. The van der Waals surface area contributed by atoms with Crippen LogP contribution in [0.1, 0.15) is 18.9 Å². The molecule has 0 amide bonds. The third kappa shape index (κ3) is 3.87. The zero-order valence-electron chi connectivity index (χ0n) is 15.4. The number of nitrogens with zero attached hydrogens (tertiary/aromatic N) is 3. The number of sulfone groups is 1. The topological polar surface area (TPSA) is 63.2 Å². The summed E-state index contributed by atoms with van der Waals surface area (Å²) in [6.45, 7) is 3.55. The summed E-state index contributed by atoms with van der Waals surface area (Å²) in [5.41, 5.74) is 2.03. The molecule has 27 heavy (non-hydrogen) atoms. The minimum Gasteiger partial charge on any atom is -0.295 e. The molecule has 0 spiro atoms. The van der Waals surface area contributed by atoms with E-state index in [2.05, 4.69) is 40.0 Å². The molecule has 0 radical (unpaired) electrons. The lowest BCUT2D eigenvalue weighted by Gasteiger charge is -2.26. The van der Waals surface area contributed by atoms with Gasteiger partial charge in [0.2, 0.25) is 0 Å². The van der Waals surface area contributed by atoms with E-state index in [0.29, 0.717) is 24.5 Å². The summed E-state index contributed by atoms with van der Waals surface area (Å²) in [6.07, 6.45) is 4.43. The van der Waals surface area contributed by atoms with Crippen LogP contribution in [-0.2, 0) is 16.4 Å². The lowest BCUT2D eigenvalue weighted by Crippen LogP contribution is -2.35. The maximum atomic E-state index is 11.8. The molecule has 6 heteroatoms. The van der Waals surface area contributed by atoms with Gasteiger partial charge in [0, 0.05) is 36.1 Å². The second kappa shape index (κ2) is 7.37. The predicted octanol–water partition coefficient (Wildman–Crippen LogP) is 3.31. The van der Waals surface area contributed by atoms with Crippen molar-refractivity contribution in [3.05, 3.63) is 60.4 Å². The van der Waals surface area contributed by atoms with E-state index in [1.165, 1.54) is 5.39 Å². The Morgan fingerprint density at radius 3 is 2.52 bits per heavy atom. The summed E-state index contributed by atoms with van der Waals surface area (Å²) in [6, 6.07) is 14.5. The van der Waals surface area contributed by atoms with Crippen molar-refractivity contribution in [3.63, 3.8) is 0 Å². The van der Waals surface area contributed by atoms with E-state index < -0.39 is 9.84 Å². The van der Waals surface area contributed by atoms with Crippen LogP contribution in [0, 0.1) is 0 Å². The molecule has 1 fully saturated rings. The Balaban J connectivity index is 1.55. The van der Waals surface area contributed by atoms with Gasteiger partial charge in [-0.15, -0.1) is 0 Å². The predicted molar refractivity (Wildman–Crippen MR) is 108 cm³/mol. The molecule has 140 valence electrons. The van der Waals surface area contributed by atoms with Crippen molar-refractivity contribution < 1.29 is 8.42 Å². The Bertz CT molecular complexity index is 1040. The van der Waals surface area contributed by atoms with Gasteiger partial charge < -0.3 is 0 Å². The summed E-state index contributed by atoms with van der Waals surface area (Å²) in [7, 11) is -2.88. The normalized spacial score (nSPS) is 19.0. The third-order valence-corrected chi connectivity index (χ3v) is 7.00. The summed E-state index contributed by atoms with van der Waals surface area (Å²) < 4.78 is 23.5. The molecule has 5 nitrogen and oxygen atoms in total. The first-order valence-electron chi connectivity index (χ1n) is 9.29. The van der Waals surface area contributed by atoms with E-state index in [9.17, 15) is 8.42 Å². The Morgan fingerprint density at radius 1 is 1.07 bits per heavy atom. The molecule has 3 aromatic rings. The first kappa shape index (κ1) is 18.1. The van der Waals surface area contributed by atoms with Gasteiger partial charge in [-0.25, -0.2) is 18.4 Å². The first-order valence-corrected chi connectivity index (χ1v) is 11.1. The molecule has 0 saturated carbocycles. The summed E-state index contributed by atoms with van der Waals surface area (Å²) in [5, 5.41) is 2.31. The van der Waals surface area contributed by atoms with E-state index in [-0.39, 0.29) is 11.8 Å². The quantitative estimate of drug-likeness (QED) is 0.678. The molecule has 0 bridgehead atoms. The van der Waals surface area contributed by atoms with Crippen LogP contribution in [0.4, 0.5) is 0 Å². The molecule has 1 aliphatic heterocycles. The van der Waals surface area contributed by atoms with Crippen molar-refractivity contribution in [1.82, 2.24) is 14.9 Å². The highest BCUT2D eigenvalue weighted by atomic mass is 32.2. The van der Waals surface area contributed by atoms with Crippen LogP contribution in [0.15, 0.2) is 54.9 Å². The second-order valence-electron chi connectivity index (χ2n) is 7.06. The van der Waals surface area contributed by atoms with Crippen LogP contribution in [0.5, 0.6) is 0 Å². The largest absolute Gasteiger partial charge is 0.295 e. The van der Waals surface area contributed by atoms with Crippen LogP contribution in [0.3, 0.4) is 0 Å². The van der Waals surface area contributed by atoms with Gasteiger partial charge in [0.1, 0.15) is 0 Å². The summed E-state index contributed by atoms with van der Waals surface area (Å²) >= 11 is 0. The number of hydrogen-bond acceptors (Lipinski definition) is 5. The van der Waals surface area contributed by atoms with Crippen molar-refractivity contribution in [2.45, 2.75) is 25.9 Å². The Kier molecular flexibility index (Phi) is 4.93. The van der Waals surface area contributed by atoms with Gasteiger partial charge in [0.05, 0.1) is 11.5 Å². The average molecular weight is 382 g/mol. The Morgan fingerprint density at radius 2 is 1.81 bits per heavy atom. The van der Waals surface area contributed by atoms with Crippen molar-refractivity contribution in [2.75, 3.05) is 18.1 Å². The molecular weight excluding hydrogens is 358 g/mol. The number of aromatic nitrogens is 2. The smallest absolute Gasteiger partial charge is 0.159 e. The maximum absolute atomic E-state index is 11.8. The van der Waals surface area contributed by atoms with Gasteiger partial charge in [-0.1, -0.05) is 49.4 Å². The molecule has 2 heterocycles. The molecule has 0 N–H and O–H groups in total. The highest BCUT2D eigenvalue weighted by Gasteiger charge is 2.31. The maximum Gasteiger partial charge on any atom is 0.159 e. The first-order chi connectivity index (χ1) is 13.1. The van der Waals surface area contributed by atoms with Gasteiger partial charge in [0.25, 0.3) is 0 Å². The molecule has 0 unspecified atom stereocenters. The number of rotatable bonds is 5. The van der Waals surface area contributed by atoms with Crippen LogP contribution in [0.25, 0.3) is 22.2 Å². The van der Waals surface area contributed by atoms with Crippen LogP contribution < -0.4 is 0 Å². The van der Waals surface area contributed by atoms with Crippen LogP contribution in [0.2, 0.25) is 0 Å². The van der Waals surface area contributed by atoms with Gasteiger partial charge in [0.15, 0.2) is 15.7 Å². The monoisotopic (exact) mass is 381 g/mol. The number of hydrogen-bond donors (Lipinski definition) is 0. The van der Waals surface area contributed by atoms with Crippen LogP contribution >= 0.6 is 0 Å². The third-order valence-electron chi connectivity index (χ3n) is 5.25. The molecule has 1 aromatic heterocycles. The SMILES string of the molecule is CCN(Cc1cnc(-c2cccc3ccccc23)nc1)[C@H]1CCS(=O)(=O)C1. The number of fused-ring (bicyclic) bond motifs is 1. The van der Waals surface area contributed by atoms with Crippen molar-refractivity contribution in [1.29, 1.82) is 0 Å². The zero-order valence-corrected chi connectivity index (χ0v) is 16.2. The van der Waals surface area contributed by atoms with E-state index in [1.54, 1.807) is 0 Å². The van der Waals surface area contributed by atoms with Crippen molar-refractivity contribution in [3.8, 4) is 11.4 Å². The highest BCUT2D eigenvalue weighted by Crippen LogP contribution is 2.26. The second-order valence-corrected chi connectivity index (χ2v) is 9.29. The van der Waals surface area contributed by atoms with Gasteiger partial charge in [-0.2, -0.15) is 0 Å². The molecule has 1 aliphatic rings. The Hall–Kier alpha value is -2.31. The fraction of sp³-hybridized carbons (Fsp3) is 0.333. The lowest BCUT2D eigenvalue weighted by molar-refractivity contribution is 0.214. The molecule has 1 atom stereocenters. The van der Waals surface area contributed by atoms with Crippen molar-refractivity contribution >= 4 is 20.6 Å². The fourth-order valence-corrected chi connectivity index (χ4v) is 5.55. The zero-order chi connectivity index (χ0) is 18.9. The summed E-state index contributed by atoms with van der Waals surface area (Å²) in [4.78, 5) is 11.4. The average Bonchev–Trinajstić information content (AvgIpc) is 3.06. The summed E-state index contributed by atoms with van der Waals surface area (Å²) in [5.74, 6) is 1.27. The number of benzene rings is 2. The minimum atomic E-state index is -2.88. The minimum absolute atomic E-state index is 0.0951. The van der Waals surface area contributed by atoms with Gasteiger partial charge in [-0.05, 0) is 23.7 Å². The molecular formula is C21H23N3O2S. The Labute approximate surface area is 160 Å². The molecule has 1 saturated heterocycles. The van der Waals surface area contributed by atoms with Crippen LogP contribution in [-0.4, -0.2) is 47.4 Å². The van der Waals surface area contributed by atoms with E-state index >= 15 is 0 Å². The molecule has 4 rings (SSSR count). The van der Waals surface area contributed by atoms with E-state index in [0.717, 1.165) is 23.1 Å². The van der Waals surface area contributed by atoms with E-state index in [4.69, 9.17) is 0 Å². The standard InChI is InChI=1S/C21H23N3O2S/c1-2-24(18-10-11-27(25,26)15-18)14-16-12-22-21(23-13-16)20-9-5-7-17-6-3-4-8-19(17)20/h3-9,12-13,18H,2,10-11,14-15H2,1H3/t18-/m0/s1. The lowest BCUT2D eigenvalue weighted by atomic mass is 10.0. The van der Waals surface area contributed by atoms with Crippen molar-refractivity contribution in [2.24, 2.45) is 0 Å². The van der Waals surface area contributed by atoms with E-state index in [1.807, 2.05) is 36.7 Å². The molecule has 0 aliphatic carbocycles. The fourth-order valence-electron chi connectivity index (χ4n) is 3.79. The highest BCUT2D eigenvalue weighted by molar-refractivity contribution is 7.91.